The molecule has 0 aromatic heterocycles. The maximum atomic E-state index is 9.89. The fourth-order valence-electron chi connectivity index (χ4n) is 2.41. The first kappa shape index (κ1) is 14.3. The van der Waals surface area contributed by atoms with Crippen LogP contribution in [0.15, 0.2) is 0 Å². The molecule has 0 bridgehead atoms. The van der Waals surface area contributed by atoms with Crippen molar-refractivity contribution in [3.63, 3.8) is 0 Å². The van der Waals surface area contributed by atoms with Crippen molar-refractivity contribution < 1.29 is 14.6 Å². The van der Waals surface area contributed by atoms with E-state index in [-0.39, 0.29) is 5.60 Å². The number of nitrogens with one attached hydrogen (secondary N) is 1. The molecule has 0 radical (unpaired) electrons. The number of hydrogen-bond donors (Lipinski definition) is 2. The zero-order chi connectivity index (χ0) is 13.2. The second kappa shape index (κ2) is 5.87. The Labute approximate surface area is 110 Å². The fourth-order valence-corrected chi connectivity index (χ4v) is 2.41. The van der Waals surface area contributed by atoms with Crippen LogP contribution in [-0.2, 0) is 9.47 Å². The lowest BCUT2D eigenvalue weighted by Crippen LogP contribution is -2.43. The highest BCUT2D eigenvalue weighted by molar-refractivity contribution is 4.93. The molecule has 4 heteroatoms. The van der Waals surface area contributed by atoms with Crippen LogP contribution in [0.3, 0.4) is 0 Å². The van der Waals surface area contributed by atoms with E-state index >= 15 is 0 Å². The average Bonchev–Trinajstić information content (AvgIpc) is 3.02. The van der Waals surface area contributed by atoms with Crippen LogP contribution in [0, 0.1) is 5.92 Å². The predicted octanol–water partition coefficient (Wildman–Crippen LogP) is 1.32. The van der Waals surface area contributed by atoms with Gasteiger partial charge in [-0.15, -0.1) is 0 Å². The van der Waals surface area contributed by atoms with Crippen molar-refractivity contribution in [3.8, 4) is 0 Å². The quantitative estimate of drug-likeness (QED) is 0.753. The van der Waals surface area contributed by atoms with Gasteiger partial charge in [0.1, 0.15) is 0 Å². The third-order valence-corrected chi connectivity index (χ3v) is 3.55. The zero-order valence-electron chi connectivity index (χ0n) is 11.8. The number of aliphatic hydroxyl groups is 1. The molecule has 2 fully saturated rings. The summed E-state index contributed by atoms with van der Waals surface area (Å²) in [5.41, 5.74) is -0.187. The summed E-state index contributed by atoms with van der Waals surface area (Å²) in [4.78, 5) is 0. The van der Waals surface area contributed by atoms with Gasteiger partial charge in [-0.25, -0.2) is 0 Å². The molecule has 0 aromatic rings. The van der Waals surface area contributed by atoms with E-state index in [1.807, 2.05) is 20.8 Å². The molecule has 3 atom stereocenters. The van der Waals surface area contributed by atoms with Gasteiger partial charge >= 0.3 is 0 Å². The topological polar surface area (TPSA) is 50.7 Å². The van der Waals surface area contributed by atoms with Gasteiger partial charge in [0.2, 0.25) is 0 Å². The lowest BCUT2D eigenvalue weighted by atomic mass is 10.1. The SMILES string of the molecule is CC(C)(C)OCC(O)CNC1CCOC1C1CC1. The third kappa shape index (κ3) is 4.50. The van der Waals surface area contributed by atoms with Gasteiger partial charge in [0.05, 0.1) is 24.4 Å². The van der Waals surface area contributed by atoms with Gasteiger partial charge < -0.3 is 19.9 Å². The molecule has 2 aliphatic rings. The van der Waals surface area contributed by atoms with E-state index < -0.39 is 6.10 Å². The van der Waals surface area contributed by atoms with Gasteiger partial charge in [0, 0.05) is 19.2 Å². The third-order valence-electron chi connectivity index (χ3n) is 3.55. The van der Waals surface area contributed by atoms with E-state index in [0.29, 0.717) is 25.3 Å². The molecular formula is C14H27NO3. The van der Waals surface area contributed by atoms with Crippen LogP contribution in [0.25, 0.3) is 0 Å². The zero-order valence-corrected chi connectivity index (χ0v) is 11.8. The first-order valence-electron chi connectivity index (χ1n) is 7.13. The maximum Gasteiger partial charge on any atom is 0.0898 e. The molecule has 0 aromatic carbocycles. The molecule has 4 nitrogen and oxygen atoms in total. The molecule has 3 unspecified atom stereocenters. The van der Waals surface area contributed by atoms with Gasteiger partial charge in [0.15, 0.2) is 0 Å². The Bertz CT molecular complexity index is 260. The Balaban J connectivity index is 1.64. The number of rotatable bonds is 6. The van der Waals surface area contributed by atoms with E-state index in [2.05, 4.69) is 5.32 Å². The lowest BCUT2D eigenvalue weighted by molar-refractivity contribution is -0.0489. The summed E-state index contributed by atoms with van der Waals surface area (Å²) >= 11 is 0. The van der Waals surface area contributed by atoms with Gasteiger partial charge in [0.25, 0.3) is 0 Å². The molecule has 106 valence electrons. The van der Waals surface area contributed by atoms with E-state index in [9.17, 15) is 5.11 Å². The first-order chi connectivity index (χ1) is 8.46. The Morgan fingerprint density at radius 2 is 2.06 bits per heavy atom. The molecule has 1 heterocycles. The monoisotopic (exact) mass is 257 g/mol. The molecular weight excluding hydrogens is 230 g/mol. The van der Waals surface area contributed by atoms with Gasteiger partial charge in [-0.1, -0.05) is 0 Å². The predicted molar refractivity (Wildman–Crippen MR) is 70.6 cm³/mol. The summed E-state index contributed by atoms with van der Waals surface area (Å²) in [6, 6.07) is 0.418. The Hall–Kier alpha value is -0.160. The highest BCUT2D eigenvalue weighted by atomic mass is 16.5. The first-order valence-corrected chi connectivity index (χ1v) is 7.13. The van der Waals surface area contributed by atoms with Crippen LogP contribution in [0.1, 0.15) is 40.0 Å². The van der Waals surface area contributed by atoms with Crippen LogP contribution in [0.2, 0.25) is 0 Å². The van der Waals surface area contributed by atoms with Crippen LogP contribution >= 0.6 is 0 Å². The summed E-state index contributed by atoms with van der Waals surface area (Å²) in [6.07, 6.45) is 3.61. The van der Waals surface area contributed by atoms with Gasteiger partial charge in [-0.2, -0.15) is 0 Å². The Kier molecular flexibility index (Phi) is 4.64. The summed E-state index contributed by atoms with van der Waals surface area (Å²) < 4.78 is 11.3. The van der Waals surface area contributed by atoms with Crippen molar-refractivity contribution in [2.45, 2.75) is 63.9 Å². The number of aliphatic hydroxyl groups excluding tert-OH is 1. The van der Waals surface area contributed by atoms with E-state index in [1.54, 1.807) is 0 Å². The minimum absolute atomic E-state index is 0.187. The van der Waals surface area contributed by atoms with Gasteiger partial charge in [-0.3, -0.25) is 0 Å². The molecule has 2 rings (SSSR count). The second-order valence-corrected chi connectivity index (χ2v) is 6.55. The number of ether oxygens (including phenoxy) is 2. The van der Waals surface area contributed by atoms with Crippen molar-refractivity contribution in [2.75, 3.05) is 19.8 Å². The molecule has 1 saturated heterocycles. The van der Waals surface area contributed by atoms with Crippen LogP contribution in [0.5, 0.6) is 0 Å². The summed E-state index contributed by atoms with van der Waals surface area (Å²) in [5.74, 6) is 0.757. The van der Waals surface area contributed by atoms with Crippen molar-refractivity contribution in [2.24, 2.45) is 5.92 Å². The van der Waals surface area contributed by atoms with Crippen molar-refractivity contribution in [3.05, 3.63) is 0 Å². The van der Waals surface area contributed by atoms with Crippen LogP contribution < -0.4 is 5.32 Å². The van der Waals surface area contributed by atoms with E-state index in [1.165, 1.54) is 12.8 Å². The molecule has 2 N–H and O–H groups in total. The summed E-state index contributed by atoms with van der Waals surface area (Å²) in [7, 11) is 0. The maximum absolute atomic E-state index is 9.89. The molecule has 1 saturated carbocycles. The van der Waals surface area contributed by atoms with E-state index in [0.717, 1.165) is 18.9 Å². The van der Waals surface area contributed by atoms with Gasteiger partial charge in [-0.05, 0) is 46.0 Å². The van der Waals surface area contributed by atoms with Crippen molar-refractivity contribution >= 4 is 0 Å². The minimum atomic E-state index is -0.440. The average molecular weight is 257 g/mol. The standard InChI is InChI=1S/C14H27NO3/c1-14(2,3)18-9-11(16)8-15-12-6-7-17-13(12)10-4-5-10/h10-13,15-16H,4-9H2,1-3H3. The molecule has 0 spiro atoms. The Morgan fingerprint density at radius 1 is 1.33 bits per heavy atom. The van der Waals surface area contributed by atoms with Crippen molar-refractivity contribution in [1.29, 1.82) is 0 Å². The van der Waals surface area contributed by atoms with E-state index in [4.69, 9.17) is 9.47 Å². The summed E-state index contributed by atoms with van der Waals surface area (Å²) in [5, 5.41) is 13.3. The van der Waals surface area contributed by atoms with Crippen LogP contribution in [0.4, 0.5) is 0 Å². The highest BCUT2D eigenvalue weighted by Crippen LogP contribution is 2.38. The Morgan fingerprint density at radius 3 is 2.67 bits per heavy atom. The lowest BCUT2D eigenvalue weighted by Gasteiger charge is -2.24. The second-order valence-electron chi connectivity index (χ2n) is 6.55. The minimum Gasteiger partial charge on any atom is -0.389 e. The molecule has 18 heavy (non-hydrogen) atoms. The molecule has 0 amide bonds. The number of hydrogen-bond acceptors (Lipinski definition) is 4. The molecule has 1 aliphatic carbocycles. The highest BCUT2D eigenvalue weighted by Gasteiger charge is 2.40. The normalized spacial score (nSPS) is 30.7. The largest absolute Gasteiger partial charge is 0.389 e. The smallest absolute Gasteiger partial charge is 0.0898 e. The van der Waals surface area contributed by atoms with Crippen LogP contribution in [-0.4, -0.2) is 48.7 Å². The van der Waals surface area contributed by atoms with Crippen molar-refractivity contribution in [1.82, 2.24) is 5.32 Å². The summed E-state index contributed by atoms with van der Waals surface area (Å²) in [6.45, 7) is 7.84. The fraction of sp³-hybridized carbons (Fsp3) is 1.00. The molecule has 1 aliphatic heterocycles.